The summed E-state index contributed by atoms with van der Waals surface area (Å²) < 4.78 is 45.0. The van der Waals surface area contributed by atoms with Crippen LogP contribution >= 0.6 is 0 Å². The fourth-order valence-corrected chi connectivity index (χ4v) is 6.11. The first-order chi connectivity index (χ1) is 19.3. The van der Waals surface area contributed by atoms with Gasteiger partial charge in [-0.2, -0.15) is 0 Å². The Morgan fingerprint density at radius 2 is 1.78 bits per heavy atom. The van der Waals surface area contributed by atoms with E-state index in [0.29, 0.717) is 24.1 Å². The fourth-order valence-electron chi connectivity index (χ4n) is 4.72. The maximum absolute atomic E-state index is 13.7. The van der Waals surface area contributed by atoms with Crippen LogP contribution in [0.1, 0.15) is 45.2 Å². The van der Waals surface area contributed by atoms with Crippen molar-refractivity contribution in [3.8, 4) is 0 Å². The maximum Gasteiger partial charge on any atom is 0.407 e. The molecule has 4 rings (SSSR count). The number of rotatable bonds is 11. The molecule has 0 saturated carbocycles. The molecular weight excluding hydrogens is 546 g/mol. The standard InChI is InChI=1S/C30H39N3O7S/c1-6-15-39-27(34)17-31-30(19-38-20-30)26(32-28(35)40-29(3,4)5)16-22-18-33(25-10-8-7-9-24(22)25)41(36,37)23-13-11-21(2)12-14-23/h7-14,18,26,31H,6,15-17,19-20H2,1-5H3,(H,32,35)/t26-/m0/s1. The van der Waals surface area contributed by atoms with Crippen LogP contribution in [0.25, 0.3) is 10.9 Å². The second-order valence-corrected chi connectivity index (χ2v) is 13.2. The average molecular weight is 586 g/mol. The van der Waals surface area contributed by atoms with Crippen LogP contribution in [0.15, 0.2) is 59.6 Å². The molecule has 11 heteroatoms. The number of carbonyl (C=O) groups excluding carboxylic acids is 2. The summed E-state index contributed by atoms with van der Waals surface area (Å²) in [5.74, 6) is -0.407. The lowest BCUT2D eigenvalue weighted by Gasteiger charge is -2.47. The first-order valence-electron chi connectivity index (χ1n) is 13.7. The monoisotopic (exact) mass is 585 g/mol. The van der Waals surface area contributed by atoms with Crippen LogP contribution in [0.3, 0.4) is 0 Å². The normalized spacial score (nSPS) is 15.6. The number of aryl methyl sites for hydroxylation is 1. The number of amides is 1. The third-order valence-corrected chi connectivity index (χ3v) is 8.58. The van der Waals surface area contributed by atoms with Gasteiger partial charge in [0.15, 0.2) is 0 Å². The van der Waals surface area contributed by atoms with Gasteiger partial charge in [-0.05, 0) is 64.3 Å². The summed E-state index contributed by atoms with van der Waals surface area (Å²) in [7, 11) is -3.90. The van der Waals surface area contributed by atoms with Gasteiger partial charge in [0, 0.05) is 11.6 Å². The highest BCUT2D eigenvalue weighted by molar-refractivity contribution is 7.90. The van der Waals surface area contributed by atoms with Gasteiger partial charge in [0.25, 0.3) is 10.0 Å². The lowest BCUT2D eigenvalue weighted by atomic mass is 9.83. The molecule has 1 atom stereocenters. The zero-order chi connectivity index (χ0) is 29.8. The summed E-state index contributed by atoms with van der Waals surface area (Å²) >= 11 is 0. The van der Waals surface area contributed by atoms with Gasteiger partial charge in [0.1, 0.15) is 5.60 Å². The van der Waals surface area contributed by atoms with Gasteiger partial charge in [-0.1, -0.05) is 42.8 Å². The molecule has 41 heavy (non-hydrogen) atoms. The number of esters is 1. The van der Waals surface area contributed by atoms with Crippen molar-refractivity contribution in [2.75, 3.05) is 26.4 Å². The summed E-state index contributed by atoms with van der Waals surface area (Å²) in [5, 5.41) is 6.95. The molecule has 1 aromatic heterocycles. The summed E-state index contributed by atoms with van der Waals surface area (Å²) in [4.78, 5) is 25.5. The number of para-hydroxylation sites is 1. The third-order valence-electron chi connectivity index (χ3n) is 6.89. The second-order valence-electron chi connectivity index (χ2n) is 11.4. The summed E-state index contributed by atoms with van der Waals surface area (Å²) in [5.41, 5.74) is 0.652. The van der Waals surface area contributed by atoms with E-state index in [1.54, 1.807) is 63.4 Å². The van der Waals surface area contributed by atoms with Crippen molar-refractivity contribution in [1.29, 1.82) is 0 Å². The minimum Gasteiger partial charge on any atom is -0.465 e. The Morgan fingerprint density at radius 3 is 2.39 bits per heavy atom. The van der Waals surface area contributed by atoms with Crippen molar-refractivity contribution in [3.63, 3.8) is 0 Å². The Morgan fingerprint density at radius 1 is 1.10 bits per heavy atom. The van der Waals surface area contributed by atoms with E-state index < -0.39 is 39.3 Å². The van der Waals surface area contributed by atoms with E-state index in [-0.39, 0.29) is 31.1 Å². The van der Waals surface area contributed by atoms with E-state index in [1.807, 2.05) is 26.0 Å². The third kappa shape index (κ3) is 7.09. The lowest BCUT2D eigenvalue weighted by Crippen LogP contribution is -2.72. The molecule has 0 unspecified atom stereocenters. The molecule has 0 radical (unpaired) electrons. The largest absolute Gasteiger partial charge is 0.465 e. The second kappa shape index (κ2) is 12.2. The number of ether oxygens (including phenoxy) is 3. The number of hydrogen-bond donors (Lipinski definition) is 2. The highest BCUT2D eigenvalue weighted by Crippen LogP contribution is 2.31. The van der Waals surface area contributed by atoms with Gasteiger partial charge in [0.2, 0.25) is 0 Å². The van der Waals surface area contributed by atoms with E-state index in [1.165, 1.54) is 3.97 Å². The number of carbonyl (C=O) groups is 2. The van der Waals surface area contributed by atoms with Crippen LogP contribution in [-0.4, -0.2) is 68.0 Å². The average Bonchev–Trinajstić information content (AvgIpc) is 3.25. The van der Waals surface area contributed by atoms with Gasteiger partial charge < -0.3 is 19.5 Å². The molecule has 2 heterocycles. The molecule has 0 bridgehead atoms. The zero-order valence-corrected chi connectivity index (χ0v) is 25.0. The number of alkyl carbamates (subject to hydrolysis) is 1. The Bertz CT molecular complexity index is 1490. The number of benzene rings is 2. The molecule has 1 aliphatic rings. The predicted octanol–water partition coefficient (Wildman–Crippen LogP) is 3.93. The van der Waals surface area contributed by atoms with Gasteiger partial charge in [-0.3, -0.25) is 10.1 Å². The minimum absolute atomic E-state index is 0.0700. The molecule has 1 aliphatic heterocycles. The van der Waals surface area contributed by atoms with Crippen molar-refractivity contribution in [3.05, 3.63) is 65.9 Å². The highest BCUT2D eigenvalue weighted by Gasteiger charge is 2.47. The smallest absolute Gasteiger partial charge is 0.407 e. The minimum atomic E-state index is -3.90. The fraction of sp³-hybridized carbons (Fsp3) is 0.467. The molecule has 222 valence electrons. The van der Waals surface area contributed by atoms with Crippen LogP contribution in [0.5, 0.6) is 0 Å². The van der Waals surface area contributed by atoms with Crippen molar-refractivity contribution in [2.24, 2.45) is 0 Å². The summed E-state index contributed by atoms with van der Waals surface area (Å²) in [6.07, 6.45) is 1.93. The number of aromatic nitrogens is 1. The Kier molecular flexibility index (Phi) is 9.10. The van der Waals surface area contributed by atoms with Crippen LogP contribution in [0, 0.1) is 6.92 Å². The Labute approximate surface area is 241 Å². The van der Waals surface area contributed by atoms with Crippen molar-refractivity contribution in [2.45, 2.75) is 69.5 Å². The molecule has 1 saturated heterocycles. The van der Waals surface area contributed by atoms with Crippen molar-refractivity contribution < 1.29 is 32.2 Å². The summed E-state index contributed by atoms with van der Waals surface area (Å²) in [6, 6.07) is 13.3. The van der Waals surface area contributed by atoms with Crippen LogP contribution in [-0.2, 0) is 35.4 Å². The Balaban J connectivity index is 1.71. The SMILES string of the molecule is CCCOC(=O)CNC1([C@H](Cc2cn(S(=O)(=O)c3ccc(C)cc3)c3ccccc23)NC(=O)OC(C)(C)C)COC1. The number of nitrogens with one attached hydrogen (secondary N) is 2. The van der Waals surface area contributed by atoms with Crippen molar-refractivity contribution >= 4 is 33.0 Å². The van der Waals surface area contributed by atoms with Gasteiger partial charge in [-0.15, -0.1) is 0 Å². The molecule has 1 fully saturated rings. The van der Waals surface area contributed by atoms with E-state index in [0.717, 1.165) is 10.9 Å². The number of nitrogens with zero attached hydrogens (tertiary/aromatic N) is 1. The van der Waals surface area contributed by atoms with E-state index >= 15 is 0 Å². The number of fused-ring (bicyclic) bond motifs is 1. The highest BCUT2D eigenvalue weighted by atomic mass is 32.2. The van der Waals surface area contributed by atoms with Gasteiger partial charge in [-0.25, -0.2) is 17.2 Å². The summed E-state index contributed by atoms with van der Waals surface area (Å²) in [6.45, 7) is 9.84. The van der Waals surface area contributed by atoms with Crippen LogP contribution in [0.2, 0.25) is 0 Å². The molecule has 0 spiro atoms. The van der Waals surface area contributed by atoms with Gasteiger partial charge in [0.05, 0.1) is 48.4 Å². The molecule has 1 amide bonds. The molecular formula is C30H39N3O7S. The van der Waals surface area contributed by atoms with E-state index in [9.17, 15) is 18.0 Å². The molecule has 3 aromatic rings. The molecule has 0 aliphatic carbocycles. The number of hydrogen-bond acceptors (Lipinski definition) is 8. The first kappa shape index (κ1) is 30.5. The maximum atomic E-state index is 13.7. The van der Waals surface area contributed by atoms with Crippen LogP contribution < -0.4 is 10.6 Å². The molecule has 2 N–H and O–H groups in total. The zero-order valence-electron chi connectivity index (χ0n) is 24.2. The van der Waals surface area contributed by atoms with Crippen molar-refractivity contribution in [1.82, 2.24) is 14.6 Å². The van der Waals surface area contributed by atoms with Gasteiger partial charge >= 0.3 is 12.1 Å². The Hall–Kier alpha value is -3.41. The predicted molar refractivity (Wildman–Crippen MR) is 155 cm³/mol. The van der Waals surface area contributed by atoms with Crippen LogP contribution in [0.4, 0.5) is 4.79 Å². The first-order valence-corrected chi connectivity index (χ1v) is 15.2. The molecule has 2 aromatic carbocycles. The van der Waals surface area contributed by atoms with E-state index in [4.69, 9.17) is 14.2 Å². The lowest BCUT2D eigenvalue weighted by molar-refractivity contribution is -0.145. The quantitative estimate of drug-likeness (QED) is 0.325. The topological polar surface area (TPSA) is 125 Å². The van der Waals surface area contributed by atoms with E-state index in [2.05, 4.69) is 10.6 Å². The molecule has 10 nitrogen and oxygen atoms in total.